The number of nitrogens with zero attached hydrogens (tertiary/aromatic N) is 6. The number of aromatic nitrogens is 4. The normalized spacial score (nSPS) is 16.7. The van der Waals surface area contributed by atoms with Crippen molar-refractivity contribution in [1.82, 2.24) is 29.4 Å². The van der Waals surface area contributed by atoms with Crippen LogP contribution in [0.2, 0.25) is 0 Å². The minimum atomic E-state index is -3.57. The van der Waals surface area contributed by atoms with Crippen molar-refractivity contribution in [2.45, 2.75) is 17.4 Å². The van der Waals surface area contributed by atoms with Gasteiger partial charge in [0.25, 0.3) is 5.89 Å². The van der Waals surface area contributed by atoms with Crippen molar-refractivity contribution in [2.24, 2.45) is 0 Å². The molecule has 0 saturated carbocycles. The maximum absolute atomic E-state index is 13.1. The number of nitrogens with two attached hydrogens (primary N) is 1. The lowest BCUT2D eigenvalue weighted by Crippen LogP contribution is -2.34. The summed E-state index contributed by atoms with van der Waals surface area (Å²) in [4.78, 5) is 11.1. The van der Waals surface area contributed by atoms with E-state index in [1.807, 2.05) is 44.4 Å². The molecule has 0 unspecified atom stereocenters. The van der Waals surface area contributed by atoms with Gasteiger partial charge in [-0.05, 0) is 44.8 Å². The first-order valence-electron chi connectivity index (χ1n) is 11.1. The standard InChI is InChI=1S/C24H25N7O3S.H2/c1-30(2)18-12-13-31(15-18)35(32,33)19-10-8-16(9-11-19)20-14-26-22(25)21(27-20)24-29-28-23(34-24)17-6-4-3-5-7-17;/h3-11,14,18H,12-13,15H2,1-2H3,(H2,25,26);1H/t18-;/m1./s1. The fourth-order valence-electron chi connectivity index (χ4n) is 4.01. The third-order valence-corrected chi connectivity index (χ3v) is 7.97. The van der Waals surface area contributed by atoms with Gasteiger partial charge in [-0.3, -0.25) is 0 Å². The van der Waals surface area contributed by atoms with Gasteiger partial charge in [0.1, 0.15) is 0 Å². The van der Waals surface area contributed by atoms with E-state index in [2.05, 4.69) is 25.1 Å². The Balaban J connectivity index is 0.00000304. The predicted octanol–water partition coefficient (Wildman–Crippen LogP) is 3.01. The topological polar surface area (TPSA) is 131 Å². The van der Waals surface area contributed by atoms with E-state index in [-0.39, 0.29) is 29.8 Å². The molecule has 1 fully saturated rings. The molecule has 5 rings (SSSR count). The molecule has 182 valence electrons. The molecule has 0 radical (unpaired) electrons. The zero-order chi connectivity index (χ0) is 24.6. The van der Waals surface area contributed by atoms with Gasteiger partial charge < -0.3 is 15.1 Å². The number of rotatable bonds is 6. The number of anilines is 1. The molecule has 4 aromatic rings. The molecule has 11 heteroatoms. The lowest BCUT2D eigenvalue weighted by atomic mass is 10.1. The summed E-state index contributed by atoms with van der Waals surface area (Å²) in [7, 11) is 0.365. The summed E-state index contributed by atoms with van der Waals surface area (Å²) in [5.41, 5.74) is 8.28. The van der Waals surface area contributed by atoms with E-state index in [0.29, 0.717) is 30.2 Å². The molecular formula is C24H27N7O3S. The van der Waals surface area contributed by atoms with Gasteiger partial charge in [0, 0.05) is 31.7 Å². The van der Waals surface area contributed by atoms with Crippen molar-refractivity contribution in [3.63, 3.8) is 0 Å². The molecule has 1 saturated heterocycles. The Morgan fingerprint density at radius 3 is 2.43 bits per heavy atom. The van der Waals surface area contributed by atoms with Crippen LogP contribution >= 0.6 is 0 Å². The van der Waals surface area contributed by atoms with E-state index in [9.17, 15) is 8.42 Å². The lowest BCUT2D eigenvalue weighted by Gasteiger charge is -2.20. The van der Waals surface area contributed by atoms with E-state index in [0.717, 1.165) is 12.0 Å². The summed E-state index contributed by atoms with van der Waals surface area (Å²) >= 11 is 0. The Hall–Kier alpha value is -3.67. The van der Waals surface area contributed by atoms with Crippen LogP contribution in [-0.2, 0) is 10.0 Å². The Morgan fingerprint density at radius 1 is 1.03 bits per heavy atom. The van der Waals surface area contributed by atoms with Crippen LogP contribution in [0.4, 0.5) is 5.82 Å². The molecule has 2 aromatic carbocycles. The zero-order valence-electron chi connectivity index (χ0n) is 19.4. The second-order valence-corrected chi connectivity index (χ2v) is 10.5. The van der Waals surface area contributed by atoms with Crippen LogP contribution in [-0.4, -0.2) is 71.0 Å². The molecule has 0 bridgehead atoms. The minimum Gasteiger partial charge on any atom is -0.414 e. The predicted molar refractivity (Wildman–Crippen MR) is 134 cm³/mol. The first kappa shape index (κ1) is 23.1. The van der Waals surface area contributed by atoms with Crippen LogP contribution < -0.4 is 5.73 Å². The highest BCUT2D eigenvalue weighted by molar-refractivity contribution is 7.89. The number of likely N-dealkylation sites (N-methyl/N-ethyl adjacent to an activating group) is 1. The summed E-state index contributed by atoms with van der Waals surface area (Å²) < 4.78 is 33.5. The fourth-order valence-corrected chi connectivity index (χ4v) is 5.50. The molecule has 2 N–H and O–H groups in total. The number of hydrogen-bond acceptors (Lipinski definition) is 9. The second-order valence-electron chi connectivity index (χ2n) is 8.56. The van der Waals surface area contributed by atoms with Crippen molar-refractivity contribution in [3.05, 3.63) is 60.8 Å². The van der Waals surface area contributed by atoms with Crippen LogP contribution in [0.5, 0.6) is 0 Å². The molecule has 1 atom stereocenters. The number of benzene rings is 2. The second kappa shape index (κ2) is 9.17. The van der Waals surface area contributed by atoms with Crippen molar-refractivity contribution in [3.8, 4) is 34.3 Å². The third-order valence-electron chi connectivity index (χ3n) is 6.09. The van der Waals surface area contributed by atoms with Gasteiger partial charge in [-0.15, -0.1) is 10.2 Å². The number of sulfonamides is 1. The number of hydrogen-bond donors (Lipinski definition) is 1. The highest BCUT2D eigenvalue weighted by Crippen LogP contribution is 2.29. The molecule has 0 amide bonds. The summed E-state index contributed by atoms with van der Waals surface area (Å²) in [6.45, 7) is 0.994. The quantitative estimate of drug-likeness (QED) is 0.430. The first-order valence-corrected chi connectivity index (χ1v) is 12.6. The monoisotopic (exact) mass is 493 g/mol. The van der Waals surface area contributed by atoms with Crippen LogP contribution in [0, 0.1) is 0 Å². The highest BCUT2D eigenvalue weighted by atomic mass is 32.2. The SMILES string of the molecule is CN(C)[C@@H]1CCN(S(=O)(=O)c2ccc(-c3cnc(N)c(-c4nnc(-c5ccccc5)o4)n3)cc2)C1.[HH]. The Labute approximate surface area is 205 Å². The summed E-state index contributed by atoms with van der Waals surface area (Å²) in [6, 6.07) is 16.2. The van der Waals surface area contributed by atoms with E-state index in [1.54, 1.807) is 24.3 Å². The van der Waals surface area contributed by atoms with Gasteiger partial charge >= 0.3 is 0 Å². The van der Waals surface area contributed by atoms with Crippen molar-refractivity contribution < 1.29 is 14.3 Å². The van der Waals surface area contributed by atoms with E-state index in [1.165, 1.54) is 10.5 Å². The van der Waals surface area contributed by atoms with Crippen LogP contribution in [0.25, 0.3) is 34.3 Å². The maximum Gasteiger partial charge on any atom is 0.270 e. The van der Waals surface area contributed by atoms with Gasteiger partial charge in [-0.2, -0.15) is 4.31 Å². The smallest absolute Gasteiger partial charge is 0.270 e. The molecule has 2 aromatic heterocycles. The van der Waals surface area contributed by atoms with Crippen LogP contribution in [0.1, 0.15) is 7.85 Å². The molecular weight excluding hydrogens is 466 g/mol. The molecule has 3 heterocycles. The molecule has 1 aliphatic rings. The summed E-state index contributed by atoms with van der Waals surface area (Å²) in [6.07, 6.45) is 2.34. The van der Waals surface area contributed by atoms with E-state index < -0.39 is 10.0 Å². The summed E-state index contributed by atoms with van der Waals surface area (Å²) in [5.74, 6) is 0.653. The van der Waals surface area contributed by atoms with Crippen LogP contribution in [0.15, 0.2) is 70.1 Å². The van der Waals surface area contributed by atoms with E-state index >= 15 is 0 Å². The zero-order valence-corrected chi connectivity index (χ0v) is 20.2. The Bertz CT molecular complexity index is 1440. The van der Waals surface area contributed by atoms with Crippen molar-refractivity contribution >= 4 is 15.8 Å². The average molecular weight is 494 g/mol. The van der Waals surface area contributed by atoms with Crippen LogP contribution in [0.3, 0.4) is 0 Å². The minimum absolute atomic E-state index is 0. The maximum atomic E-state index is 13.1. The molecule has 35 heavy (non-hydrogen) atoms. The van der Waals surface area contributed by atoms with Gasteiger partial charge in [0.2, 0.25) is 15.9 Å². The first-order chi connectivity index (χ1) is 16.8. The Kier molecular flexibility index (Phi) is 6.05. The lowest BCUT2D eigenvalue weighted by molar-refractivity contribution is 0.302. The molecule has 0 aliphatic carbocycles. The highest BCUT2D eigenvalue weighted by Gasteiger charge is 2.33. The van der Waals surface area contributed by atoms with Crippen molar-refractivity contribution in [2.75, 3.05) is 32.9 Å². The third kappa shape index (κ3) is 4.53. The summed E-state index contributed by atoms with van der Waals surface area (Å²) in [5, 5.41) is 8.16. The van der Waals surface area contributed by atoms with Crippen molar-refractivity contribution in [1.29, 1.82) is 0 Å². The molecule has 0 spiro atoms. The van der Waals surface area contributed by atoms with Gasteiger partial charge in [0.15, 0.2) is 11.5 Å². The van der Waals surface area contributed by atoms with Gasteiger partial charge in [-0.1, -0.05) is 30.3 Å². The Morgan fingerprint density at radius 2 is 1.74 bits per heavy atom. The van der Waals surface area contributed by atoms with Gasteiger partial charge in [-0.25, -0.2) is 18.4 Å². The largest absolute Gasteiger partial charge is 0.414 e. The van der Waals surface area contributed by atoms with Gasteiger partial charge in [0.05, 0.1) is 16.8 Å². The molecule has 1 aliphatic heterocycles. The number of nitrogen functional groups attached to an aromatic ring is 1. The fraction of sp³-hybridized carbons (Fsp3) is 0.250. The average Bonchev–Trinajstić information content (AvgIpc) is 3.56. The molecule has 10 nitrogen and oxygen atoms in total. The van der Waals surface area contributed by atoms with E-state index in [4.69, 9.17) is 10.2 Å².